The third-order valence-electron chi connectivity index (χ3n) is 5.81. The summed E-state index contributed by atoms with van der Waals surface area (Å²) in [7, 11) is 1.54. The predicted octanol–water partition coefficient (Wildman–Crippen LogP) is 4.73. The molecule has 1 aliphatic rings. The number of hydrogen-bond donors (Lipinski definition) is 1. The number of anilines is 2. The van der Waals surface area contributed by atoms with Gasteiger partial charge in [-0.25, -0.2) is 0 Å². The van der Waals surface area contributed by atoms with Crippen LogP contribution in [0.1, 0.15) is 22.7 Å². The number of rotatable bonds is 6. The molecule has 1 aromatic heterocycles. The number of ether oxygens (including phenoxy) is 1. The van der Waals surface area contributed by atoms with Gasteiger partial charge in [0.1, 0.15) is 18.3 Å². The monoisotopic (exact) mass is 486 g/mol. The first-order valence-electron chi connectivity index (χ1n) is 11.1. The summed E-state index contributed by atoms with van der Waals surface area (Å²) in [6.07, 6.45) is 2.08. The molecule has 0 bridgehead atoms. The fraction of sp³-hybridized carbons (Fsp3) is 0.154. The lowest BCUT2D eigenvalue weighted by Gasteiger charge is -2.32. The molecule has 9 heteroatoms. The number of allylic oxidation sites excluding steroid dienone is 1. The Kier molecular flexibility index (Phi) is 6.20. The smallest absolute Gasteiger partial charge is 0.251 e. The van der Waals surface area contributed by atoms with Crippen molar-refractivity contribution in [3.05, 3.63) is 101 Å². The number of hydrogen-bond acceptors (Lipinski definition) is 6. The SMILES string of the molecule is COc1ccc(Cl)cc1NC(=O)CN1C(c2ccc(C)cc2)=C[C@@H](c2ccccc2)n2nnnc21. The number of benzene rings is 3. The maximum Gasteiger partial charge on any atom is 0.251 e. The van der Waals surface area contributed by atoms with Gasteiger partial charge in [0.05, 0.1) is 18.5 Å². The highest BCUT2D eigenvalue weighted by Gasteiger charge is 2.32. The number of methoxy groups -OCH3 is 1. The van der Waals surface area contributed by atoms with Gasteiger partial charge < -0.3 is 10.1 Å². The quantitative estimate of drug-likeness (QED) is 0.424. The number of aromatic nitrogens is 4. The van der Waals surface area contributed by atoms with Crippen LogP contribution in [0.15, 0.2) is 78.9 Å². The summed E-state index contributed by atoms with van der Waals surface area (Å²) in [6, 6.07) is 23.0. The van der Waals surface area contributed by atoms with E-state index in [9.17, 15) is 4.79 Å². The van der Waals surface area contributed by atoms with E-state index in [4.69, 9.17) is 16.3 Å². The van der Waals surface area contributed by atoms with E-state index in [0.717, 1.165) is 22.4 Å². The molecule has 1 amide bonds. The molecule has 0 fully saturated rings. The van der Waals surface area contributed by atoms with Crippen LogP contribution < -0.4 is 15.0 Å². The highest BCUT2D eigenvalue weighted by molar-refractivity contribution is 6.31. The number of aryl methyl sites for hydroxylation is 1. The summed E-state index contributed by atoms with van der Waals surface area (Å²) >= 11 is 6.14. The van der Waals surface area contributed by atoms with Gasteiger partial charge in [-0.3, -0.25) is 9.69 Å². The van der Waals surface area contributed by atoms with E-state index in [2.05, 4.69) is 26.9 Å². The predicted molar refractivity (Wildman–Crippen MR) is 136 cm³/mol. The Labute approximate surface area is 207 Å². The maximum absolute atomic E-state index is 13.2. The minimum atomic E-state index is -0.267. The van der Waals surface area contributed by atoms with Gasteiger partial charge in [-0.2, -0.15) is 4.68 Å². The number of halogens is 1. The van der Waals surface area contributed by atoms with Crippen molar-refractivity contribution in [2.75, 3.05) is 23.9 Å². The molecule has 176 valence electrons. The molecule has 2 heterocycles. The van der Waals surface area contributed by atoms with Gasteiger partial charge in [-0.1, -0.05) is 76.9 Å². The molecular formula is C26H23ClN6O2. The molecule has 0 aliphatic carbocycles. The second-order valence-electron chi connectivity index (χ2n) is 8.18. The highest BCUT2D eigenvalue weighted by Crippen LogP contribution is 2.36. The van der Waals surface area contributed by atoms with Crippen molar-refractivity contribution in [1.29, 1.82) is 0 Å². The van der Waals surface area contributed by atoms with E-state index >= 15 is 0 Å². The van der Waals surface area contributed by atoms with Crippen LogP contribution in [0.4, 0.5) is 11.6 Å². The van der Waals surface area contributed by atoms with Gasteiger partial charge in [-0.05, 0) is 52.8 Å². The van der Waals surface area contributed by atoms with Gasteiger partial charge in [0, 0.05) is 5.02 Å². The molecule has 0 radical (unpaired) electrons. The van der Waals surface area contributed by atoms with E-state index in [1.54, 1.807) is 30.0 Å². The number of amides is 1. The summed E-state index contributed by atoms with van der Waals surface area (Å²) in [5, 5.41) is 15.8. The maximum atomic E-state index is 13.2. The minimum absolute atomic E-state index is 0.0166. The normalized spacial score (nSPS) is 14.8. The van der Waals surface area contributed by atoms with E-state index in [1.165, 1.54) is 0 Å². The fourth-order valence-electron chi connectivity index (χ4n) is 4.10. The van der Waals surface area contributed by atoms with E-state index in [0.29, 0.717) is 22.4 Å². The lowest BCUT2D eigenvalue weighted by Crippen LogP contribution is -2.37. The van der Waals surface area contributed by atoms with Gasteiger partial charge in [-0.15, -0.1) is 0 Å². The van der Waals surface area contributed by atoms with Crippen LogP contribution in [0.5, 0.6) is 5.75 Å². The molecule has 0 saturated heterocycles. The lowest BCUT2D eigenvalue weighted by atomic mass is 10.00. The first-order chi connectivity index (χ1) is 17.0. The molecule has 1 N–H and O–H groups in total. The first-order valence-corrected chi connectivity index (χ1v) is 11.4. The largest absolute Gasteiger partial charge is 0.495 e. The Bertz CT molecular complexity index is 1380. The zero-order valence-electron chi connectivity index (χ0n) is 19.2. The summed E-state index contributed by atoms with van der Waals surface area (Å²) in [5.41, 5.74) is 4.48. The number of fused-ring (bicyclic) bond motifs is 1. The number of carbonyl (C=O) groups is 1. The van der Waals surface area contributed by atoms with Gasteiger partial charge in [0.15, 0.2) is 0 Å². The van der Waals surface area contributed by atoms with E-state index in [1.807, 2.05) is 66.4 Å². The molecule has 1 atom stereocenters. The summed E-state index contributed by atoms with van der Waals surface area (Å²) in [4.78, 5) is 15.0. The van der Waals surface area contributed by atoms with Crippen molar-refractivity contribution >= 4 is 34.8 Å². The molecule has 5 rings (SSSR count). The van der Waals surface area contributed by atoms with Crippen LogP contribution in [0, 0.1) is 6.92 Å². The Morgan fingerprint density at radius 3 is 2.60 bits per heavy atom. The molecule has 35 heavy (non-hydrogen) atoms. The Balaban J connectivity index is 1.53. The molecule has 3 aromatic carbocycles. The number of nitrogens with one attached hydrogen (secondary N) is 1. The lowest BCUT2D eigenvalue weighted by molar-refractivity contribution is -0.114. The summed E-state index contributed by atoms with van der Waals surface area (Å²) < 4.78 is 7.09. The van der Waals surface area contributed by atoms with Gasteiger partial charge in [0.25, 0.3) is 5.95 Å². The van der Waals surface area contributed by atoms with E-state index in [-0.39, 0.29) is 18.5 Å². The van der Waals surface area contributed by atoms with Crippen LogP contribution in [0.25, 0.3) is 5.70 Å². The van der Waals surface area contributed by atoms with E-state index < -0.39 is 0 Å². The number of nitrogens with zero attached hydrogens (tertiary/aromatic N) is 5. The van der Waals surface area contributed by atoms with Crippen LogP contribution >= 0.6 is 11.6 Å². The first kappa shape index (κ1) is 22.6. The van der Waals surface area contributed by atoms with Gasteiger partial charge in [0.2, 0.25) is 5.91 Å². The fourth-order valence-corrected chi connectivity index (χ4v) is 4.27. The molecule has 4 aromatic rings. The van der Waals surface area contributed by atoms with Crippen LogP contribution in [-0.4, -0.2) is 39.8 Å². The molecular weight excluding hydrogens is 464 g/mol. The van der Waals surface area contributed by atoms with Crippen molar-refractivity contribution in [1.82, 2.24) is 20.2 Å². The third-order valence-corrected chi connectivity index (χ3v) is 6.05. The second-order valence-corrected chi connectivity index (χ2v) is 8.61. The van der Waals surface area contributed by atoms with Crippen LogP contribution in [0.2, 0.25) is 5.02 Å². The Hall–Kier alpha value is -4.17. The van der Waals surface area contributed by atoms with Crippen molar-refractivity contribution in [3.8, 4) is 5.75 Å². The van der Waals surface area contributed by atoms with Crippen molar-refractivity contribution in [3.63, 3.8) is 0 Å². The van der Waals surface area contributed by atoms with Crippen molar-refractivity contribution in [2.24, 2.45) is 0 Å². The second kappa shape index (κ2) is 9.60. The van der Waals surface area contributed by atoms with Crippen molar-refractivity contribution < 1.29 is 9.53 Å². The minimum Gasteiger partial charge on any atom is -0.495 e. The van der Waals surface area contributed by atoms with Gasteiger partial charge >= 0.3 is 0 Å². The highest BCUT2D eigenvalue weighted by atomic mass is 35.5. The molecule has 0 unspecified atom stereocenters. The van der Waals surface area contributed by atoms with Crippen LogP contribution in [-0.2, 0) is 4.79 Å². The summed E-state index contributed by atoms with van der Waals surface area (Å²) in [5.74, 6) is 0.728. The number of tetrazole rings is 1. The zero-order chi connectivity index (χ0) is 24.4. The average Bonchev–Trinajstić information content (AvgIpc) is 3.36. The Morgan fingerprint density at radius 2 is 1.86 bits per heavy atom. The third kappa shape index (κ3) is 4.61. The number of carbonyl (C=O) groups excluding carboxylic acids is 1. The molecule has 1 aliphatic heterocycles. The van der Waals surface area contributed by atoms with Crippen molar-refractivity contribution in [2.45, 2.75) is 13.0 Å². The Morgan fingerprint density at radius 1 is 1.09 bits per heavy atom. The molecule has 0 spiro atoms. The zero-order valence-corrected chi connectivity index (χ0v) is 20.0. The molecule has 8 nitrogen and oxygen atoms in total. The molecule has 0 saturated carbocycles. The standard InChI is InChI=1S/C26H23ClN6O2/c1-17-8-10-19(11-9-17)22-15-23(18-6-4-3-5-7-18)33-26(29-30-31-33)32(22)16-25(34)28-21-14-20(27)12-13-24(21)35-2/h3-15,23H,16H2,1-2H3,(H,28,34)/t23-/m0/s1. The average molecular weight is 487 g/mol. The summed E-state index contributed by atoms with van der Waals surface area (Å²) in [6.45, 7) is 2.02. The topological polar surface area (TPSA) is 85.2 Å². The van der Waals surface area contributed by atoms with Crippen LogP contribution in [0.3, 0.4) is 0 Å².